The molecule has 2 N–H and O–H groups in total. The molecule has 0 aliphatic rings. The predicted molar refractivity (Wildman–Crippen MR) is 61.4 cm³/mol. The number of hydrogen-bond acceptors (Lipinski definition) is 2. The predicted octanol–water partition coefficient (Wildman–Crippen LogP) is 2.63. The number of aryl methyl sites for hydroxylation is 1. The van der Waals surface area contributed by atoms with Gasteiger partial charge in [0, 0.05) is 10.6 Å². The average molecular weight is 301 g/mol. The Bertz CT molecular complexity index is 457. The Morgan fingerprint density at radius 1 is 1.16 bits per heavy atom. The first-order valence-electron chi connectivity index (χ1n) is 5.21. The van der Waals surface area contributed by atoms with Gasteiger partial charge < -0.3 is 5.73 Å². The van der Waals surface area contributed by atoms with Crippen molar-refractivity contribution in [3.05, 3.63) is 29.8 Å². The van der Waals surface area contributed by atoms with Crippen molar-refractivity contribution in [2.75, 3.05) is 5.75 Å². The standard InChI is InChI=1S/C11H12F5NOS/c1-7-2-4-8(5-3-7)19(18)6-9(17)10(12,13)11(14,15)16/h2-5,9H,6,17H2,1H3/t9-,19-/m1/s1. The molecule has 0 aliphatic carbocycles. The third-order valence-corrected chi connectivity index (χ3v) is 3.92. The van der Waals surface area contributed by atoms with Crippen molar-refractivity contribution in [1.29, 1.82) is 0 Å². The molecule has 0 spiro atoms. The van der Waals surface area contributed by atoms with E-state index in [0.717, 1.165) is 5.56 Å². The molecule has 2 nitrogen and oxygen atoms in total. The molecule has 0 heterocycles. The fourth-order valence-corrected chi connectivity index (χ4v) is 2.43. The third kappa shape index (κ3) is 3.73. The summed E-state index contributed by atoms with van der Waals surface area (Å²) in [6.45, 7) is 1.76. The van der Waals surface area contributed by atoms with E-state index >= 15 is 0 Å². The first-order chi connectivity index (χ1) is 8.55. The zero-order valence-electron chi connectivity index (χ0n) is 9.88. The van der Waals surface area contributed by atoms with Crippen LogP contribution in [-0.2, 0) is 10.8 Å². The molecule has 2 atom stereocenters. The summed E-state index contributed by atoms with van der Waals surface area (Å²) in [5, 5.41) is 0. The Kier molecular flexibility index (Phi) is 4.67. The topological polar surface area (TPSA) is 43.1 Å². The van der Waals surface area contributed by atoms with E-state index in [1.54, 1.807) is 19.1 Å². The summed E-state index contributed by atoms with van der Waals surface area (Å²) in [7, 11) is -2.01. The summed E-state index contributed by atoms with van der Waals surface area (Å²) < 4.78 is 73.6. The smallest absolute Gasteiger partial charge is 0.322 e. The van der Waals surface area contributed by atoms with Crippen LogP contribution in [0.2, 0.25) is 0 Å². The van der Waals surface area contributed by atoms with E-state index in [9.17, 15) is 26.2 Å². The Morgan fingerprint density at radius 3 is 2.05 bits per heavy atom. The van der Waals surface area contributed by atoms with Gasteiger partial charge in [0.15, 0.2) is 0 Å². The van der Waals surface area contributed by atoms with Gasteiger partial charge in [0.25, 0.3) is 0 Å². The molecule has 0 fully saturated rings. The van der Waals surface area contributed by atoms with Gasteiger partial charge in [-0.05, 0) is 19.1 Å². The third-order valence-electron chi connectivity index (χ3n) is 2.46. The van der Waals surface area contributed by atoms with Crippen LogP contribution in [0.15, 0.2) is 29.2 Å². The molecule has 0 radical (unpaired) electrons. The van der Waals surface area contributed by atoms with Gasteiger partial charge in [0.2, 0.25) is 0 Å². The highest BCUT2D eigenvalue weighted by atomic mass is 32.2. The van der Waals surface area contributed by atoms with Gasteiger partial charge >= 0.3 is 12.1 Å². The molecule has 0 unspecified atom stereocenters. The number of rotatable bonds is 4. The molecule has 0 saturated carbocycles. The van der Waals surface area contributed by atoms with Crippen molar-refractivity contribution in [2.24, 2.45) is 5.73 Å². The van der Waals surface area contributed by atoms with Crippen LogP contribution in [-0.4, -0.2) is 28.1 Å². The van der Waals surface area contributed by atoms with E-state index in [1.807, 2.05) is 0 Å². The van der Waals surface area contributed by atoms with E-state index in [2.05, 4.69) is 0 Å². The fourth-order valence-electron chi connectivity index (χ4n) is 1.26. The first-order valence-corrected chi connectivity index (χ1v) is 6.52. The highest BCUT2D eigenvalue weighted by Gasteiger charge is 2.61. The number of hydrogen-bond donors (Lipinski definition) is 1. The van der Waals surface area contributed by atoms with Gasteiger partial charge in [-0.2, -0.15) is 22.0 Å². The van der Waals surface area contributed by atoms with E-state index < -0.39 is 34.7 Å². The molecule has 1 aromatic rings. The normalized spacial score (nSPS) is 16.2. The Hall–Kier alpha value is -1.02. The highest BCUT2D eigenvalue weighted by Crippen LogP contribution is 2.37. The maximum absolute atomic E-state index is 12.9. The summed E-state index contributed by atoms with van der Waals surface area (Å²) >= 11 is 0. The van der Waals surface area contributed by atoms with E-state index in [0.29, 0.717) is 0 Å². The minimum atomic E-state index is -5.75. The summed E-state index contributed by atoms with van der Waals surface area (Å²) in [6, 6.07) is 3.43. The Morgan fingerprint density at radius 2 is 1.63 bits per heavy atom. The minimum absolute atomic E-state index is 0.166. The summed E-state index contributed by atoms with van der Waals surface area (Å²) in [5.41, 5.74) is 5.70. The maximum Gasteiger partial charge on any atom is 0.454 e. The zero-order valence-corrected chi connectivity index (χ0v) is 10.7. The van der Waals surface area contributed by atoms with E-state index in [-0.39, 0.29) is 4.90 Å². The molecule has 1 aromatic carbocycles. The van der Waals surface area contributed by atoms with Crippen LogP contribution in [0.4, 0.5) is 22.0 Å². The Balaban J connectivity index is 2.80. The lowest BCUT2D eigenvalue weighted by Gasteiger charge is -2.25. The van der Waals surface area contributed by atoms with Crippen LogP contribution in [0.5, 0.6) is 0 Å². The molecule has 1 rings (SSSR count). The van der Waals surface area contributed by atoms with Crippen molar-refractivity contribution in [2.45, 2.75) is 30.0 Å². The lowest BCUT2D eigenvalue weighted by Crippen LogP contribution is -2.54. The van der Waals surface area contributed by atoms with Crippen LogP contribution in [0.25, 0.3) is 0 Å². The lowest BCUT2D eigenvalue weighted by atomic mass is 10.2. The minimum Gasteiger partial charge on any atom is -0.322 e. The van der Waals surface area contributed by atoms with Crippen molar-refractivity contribution >= 4 is 10.8 Å². The van der Waals surface area contributed by atoms with Crippen molar-refractivity contribution in [1.82, 2.24) is 0 Å². The van der Waals surface area contributed by atoms with Gasteiger partial charge in [-0.3, -0.25) is 4.21 Å². The Labute approximate surface area is 109 Å². The SMILES string of the molecule is Cc1ccc([S@](=O)C[C@@H](N)C(F)(F)C(F)(F)F)cc1. The molecule has 0 bridgehead atoms. The van der Waals surface area contributed by atoms with Gasteiger partial charge in [-0.1, -0.05) is 17.7 Å². The second kappa shape index (κ2) is 5.54. The number of benzene rings is 1. The largest absolute Gasteiger partial charge is 0.454 e. The average Bonchev–Trinajstić information content (AvgIpc) is 2.28. The number of nitrogens with two attached hydrogens (primary N) is 1. The van der Waals surface area contributed by atoms with Crippen molar-refractivity contribution < 1.29 is 26.2 Å². The molecule has 0 saturated heterocycles. The summed E-state index contributed by atoms with van der Waals surface area (Å²) in [6.07, 6.45) is -5.75. The van der Waals surface area contributed by atoms with Crippen LogP contribution >= 0.6 is 0 Å². The number of alkyl halides is 5. The van der Waals surface area contributed by atoms with Crippen LogP contribution in [0.3, 0.4) is 0 Å². The molecule has 0 aliphatic heterocycles. The van der Waals surface area contributed by atoms with Gasteiger partial charge in [-0.15, -0.1) is 0 Å². The van der Waals surface area contributed by atoms with Gasteiger partial charge in [0.05, 0.1) is 16.8 Å². The number of halogens is 5. The van der Waals surface area contributed by atoms with Crippen molar-refractivity contribution in [3.8, 4) is 0 Å². The maximum atomic E-state index is 12.9. The van der Waals surface area contributed by atoms with Crippen LogP contribution in [0, 0.1) is 6.92 Å². The molecular weight excluding hydrogens is 289 g/mol. The highest BCUT2D eigenvalue weighted by molar-refractivity contribution is 7.85. The molecule has 19 heavy (non-hydrogen) atoms. The van der Waals surface area contributed by atoms with Crippen LogP contribution in [0.1, 0.15) is 5.56 Å². The lowest BCUT2D eigenvalue weighted by molar-refractivity contribution is -0.287. The summed E-state index contributed by atoms with van der Waals surface area (Å²) in [4.78, 5) is 0.166. The van der Waals surface area contributed by atoms with E-state index in [1.165, 1.54) is 12.1 Å². The fraction of sp³-hybridized carbons (Fsp3) is 0.455. The van der Waals surface area contributed by atoms with Crippen molar-refractivity contribution in [3.63, 3.8) is 0 Å². The molecule has 0 amide bonds. The molecular formula is C11H12F5NOS. The van der Waals surface area contributed by atoms with E-state index in [4.69, 9.17) is 5.73 Å². The second-order valence-corrected chi connectivity index (χ2v) is 5.55. The van der Waals surface area contributed by atoms with Gasteiger partial charge in [0.1, 0.15) is 0 Å². The summed E-state index contributed by atoms with van der Waals surface area (Å²) in [5.74, 6) is -6.02. The molecule has 0 aromatic heterocycles. The second-order valence-electron chi connectivity index (χ2n) is 4.05. The zero-order chi connectivity index (χ0) is 14.8. The van der Waals surface area contributed by atoms with Crippen LogP contribution < -0.4 is 5.73 Å². The first kappa shape index (κ1) is 16.0. The van der Waals surface area contributed by atoms with Gasteiger partial charge in [-0.25, -0.2) is 0 Å². The molecule has 108 valence electrons. The molecule has 8 heteroatoms. The monoisotopic (exact) mass is 301 g/mol. The quantitative estimate of drug-likeness (QED) is 0.869.